The van der Waals surface area contributed by atoms with Crippen LogP contribution in [0.1, 0.15) is 12.5 Å². The van der Waals surface area contributed by atoms with Crippen molar-refractivity contribution in [3.8, 4) is 5.75 Å². The number of halogens is 2. The van der Waals surface area contributed by atoms with E-state index in [1.54, 1.807) is 19.1 Å². The van der Waals surface area contributed by atoms with Crippen molar-refractivity contribution in [2.24, 2.45) is 0 Å². The highest BCUT2D eigenvalue weighted by Crippen LogP contribution is 2.32. The molecule has 0 amide bonds. The van der Waals surface area contributed by atoms with Crippen LogP contribution in [0.4, 0.5) is 0 Å². The predicted molar refractivity (Wildman–Crippen MR) is 58.9 cm³/mol. The van der Waals surface area contributed by atoms with Crippen molar-refractivity contribution >= 4 is 29.3 Å². The summed E-state index contributed by atoms with van der Waals surface area (Å²) in [7, 11) is 0. The van der Waals surface area contributed by atoms with Gasteiger partial charge in [0.25, 0.3) is 0 Å². The molecule has 0 atom stereocenters. The Bertz CT molecular complexity index is 373. The quantitative estimate of drug-likeness (QED) is 0.823. The van der Waals surface area contributed by atoms with Crippen LogP contribution in [0.15, 0.2) is 17.7 Å². The van der Waals surface area contributed by atoms with E-state index in [-0.39, 0.29) is 17.4 Å². The zero-order valence-electron chi connectivity index (χ0n) is 7.59. The van der Waals surface area contributed by atoms with Gasteiger partial charge in [-0.2, -0.15) is 0 Å². The number of phenolic OH excluding ortho intramolecular Hbond substituents is 1. The van der Waals surface area contributed by atoms with E-state index in [1.807, 2.05) is 0 Å². The van der Waals surface area contributed by atoms with Crippen LogP contribution in [0.25, 0.3) is 6.08 Å². The fourth-order valence-electron chi connectivity index (χ4n) is 1.01. The average molecular weight is 233 g/mol. The topological polar surface area (TPSA) is 40.5 Å². The van der Waals surface area contributed by atoms with E-state index in [9.17, 15) is 5.11 Å². The number of aromatic hydroxyl groups is 1. The van der Waals surface area contributed by atoms with Gasteiger partial charge in [0.15, 0.2) is 0 Å². The van der Waals surface area contributed by atoms with Gasteiger partial charge >= 0.3 is 0 Å². The molecule has 0 saturated heterocycles. The lowest BCUT2D eigenvalue weighted by Crippen LogP contribution is -1.85. The van der Waals surface area contributed by atoms with Gasteiger partial charge in [0, 0.05) is 10.6 Å². The molecule has 1 rings (SSSR count). The van der Waals surface area contributed by atoms with Crippen LogP contribution in [0, 0.1) is 0 Å². The predicted octanol–water partition coefficient (Wildman–Crippen LogP) is 3.09. The third kappa shape index (κ3) is 2.64. The number of rotatable bonds is 2. The van der Waals surface area contributed by atoms with Gasteiger partial charge in [0.1, 0.15) is 5.75 Å². The van der Waals surface area contributed by atoms with Gasteiger partial charge in [-0.3, -0.25) is 0 Å². The Balaban J connectivity index is 3.21. The second-order valence-corrected chi connectivity index (χ2v) is 3.82. The fourth-order valence-corrected chi connectivity index (χ4v) is 1.52. The molecule has 0 unspecified atom stereocenters. The van der Waals surface area contributed by atoms with Crippen molar-refractivity contribution in [3.05, 3.63) is 33.3 Å². The monoisotopic (exact) mass is 232 g/mol. The minimum absolute atomic E-state index is 0.0242. The van der Waals surface area contributed by atoms with E-state index < -0.39 is 0 Å². The summed E-state index contributed by atoms with van der Waals surface area (Å²) in [6.07, 6.45) is 1.63. The highest BCUT2D eigenvalue weighted by atomic mass is 35.5. The molecule has 0 radical (unpaired) electrons. The third-order valence-electron chi connectivity index (χ3n) is 1.71. The van der Waals surface area contributed by atoms with E-state index in [0.717, 1.165) is 5.57 Å². The van der Waals surface area contributed by atoms with Crippen molar-refractivity contribution in [1.29, 1.82) is 0 Å². The van der Waals surface area contributed by atoms with E-state index in [4.69, 9.17) is 28.3 Å². The first-order valence-corrected chi connectivity index (χ1v) is 4.76. The van der Waals surface area contributed by atoms with E-state index in [1.165, 1.54) is 6.07 Å². The molecule has 0 aliphatic carbocycles. The highest BCUT2D eigenvalue weighted by Gasteiger charge is 2.05. The average Bonchev–Trinajstić information content (AvgIpc) is 2.13. The Morgan fingerprint density at radius 2 is 2.07 bits per heavy atom. The molecule has 2 nitrogen and oxygen atoms in total. The number of benzene rings is 1. The summed E-state index contributed by atoms with van der Waals surface area (Å²) < 4.78 is 0. The molecule has 14 heavy (non-hydrogen) atoms. The second-order valence-electron chi connectivity index (χ2n) is 2.97. The molecule has 0 fully saturated rings. The second kappa shape index (κ2) is 4.69. The molecule has 2 N–H and O–H groups in total. The first-order chi connectivity index (χ1) is 6.54. The van der Waals surface area contributed by atoms with Gasteiger partial charge in [-0.15, -0.1) is 0 Å². The molecule has 76 valence electrons. The summed E-state index contributed by atoms with van der Waals surface area (Å²) in [5, 5.41) is 19.0. The SMILES string of the molecule is C/C(=C\c1cc(Cl)cc(Cl)c1O)CO. The molecule has 0 spiro atoms. The van der Waals surface area contributed by atoms with Gasteiger partial charge in [0.05, 0.1) is 11.6 Å². The van der Waals surface area contributed by atoms with Crippen LogP contribution in [0.3, 0.4) is 0 Å². The van der Waals surface area contributed by atoms with Crippen molar-refractivity contribution in [2.45, 2.75) is 6.92 Å². The highest BCUT2D eigenvalue weighted by molar-refractivity contribution is 6.35. The first-order valence-electron chi connectivity index (χ1n) is 4.00. The van der Waals surface area contributed by atoms with Gasteiger partial charge < -0.3 is 10.2 Å². The minimum atomic E-state index is -0.0659. The van der Waals surface area contributed by atoms with Crippen LogP contribution in [0.5, 0.6) is 5.75 Å². The molecule has 1 aromatic rings. The maximum atomic E-state index is 9.55. The molecule has 0 saturated carbocycles. The standard InChI is InChI=1S/C10H10Cl2O2/c1-6(5-13)2-7-3-8(11)4-9(12)10(7)14/h2-4,13-14H,5H2,1H3/b6-2+. The Morgan fingerprint density at radius 1 is 1.43 bits per heavy atom. The maximum absolute atomic E-state index is 9.55. The Labute approximate surface area is 92.4 Å². The minimum Gasteiger partial charge on any atom is -0.506 e. The van der Waals surface area contributed by atoms with Crippen LogP contribution in [0.2, 0.25) is 10.0 Å². The zero-order chi connectivity index (χ0) is 10.7. The zero-order valence-corrected chi connectivity index (χ0v) is 9.10. The number of aliphatic hydroxyl groups excluding tert-OH is 1. The van der Waals surface area contributed by atoms with Crippen molar-refractivity contribution < 1.29 is 10.2 Å². The largest absolute Gasteiger partial charge is 0.506 e. The molecule has 0 aromatic heterocycles. The van der Waals surface area contributed by atoms with Gasteiger partial charge in [0.2, 0.25) is 0 Å². The number of phenols is 1. The van der Waals surface area contributed by atoms with Crippen LogP contribution in [-0.2, 0) is 0 Å². The van der Waals surface area contributed by atoms with Gasteiger partial charge in [-0.25, -0.2) is 0 Å². The first kappa shape index (κ1) is 11.4. The van der Waals surface area contributed by atoms with Crippen LogP contribution in [-0.4, -0.2) is 16.8 Å². The van der Waals surface area contributed by atoms with E-state index >= 15 is 0 Å². The van der Waals surface area contributed by atoms with Crippen molar-refractivity contribution in [1.82, 2.24) is 0 Å². The van der Waals surface area contributed by atoms with Gasteiger partial charge in [-0.1, -0.05) is 23.2 Å². The maximum Gasteiger partial charge on any atom is 0.141 e. The Hall–Kier alpha value is -0.700. The van der Waals surface area contributed by atoms with Gasteiger partial charge in [-0.05, 0) is 30.7 Å². The molecule has 0 aliphatic rings. The summed E-state index contributed by atoms with van der Waals surface area (Å²) in [6.45, 7) is 1.68. The fraction of sp³-hybridized carbons (Fsp3) is 0.200. The molecular formula is C10H10Cl2O2. The number of aliphatic hydroxyl groups is 1. The summed E-state index contributed by atoms with van der Waals surface area (Å²) in [6, 6.07) is 3.05. The molecule has 0 bridgehead atoms. The summed E-state index contributed by atoms with van der Waals surface area (Å²) in [5.41, 5.74) is 1.23. The third-order valence-corrected chi connectivity index (χ3v) is 2.22. The summed E-state index contributed by atoms with van der Waals surface area (Å²) >= 11 is 11.5. The van der Waals surface area contributed by atoms with Crippen molar-refractivity contribution in [3.63, 3.8) is 0 Å². The Kier molecular flexibility index (Phi) is 3.81. The molecule has 1 aromatic carbocycles. The van der Waals surface area contributed by atoms with Crippen molar-refractivity contribution in [2.75, 3.05) is 6.61 Å². The number of hydrogen-bond acceptors (Lipinski definition) is 2. The van der Waals surface area contributed by atoms with Crippen LogP contribution >= 0.6 is 23.2 Å². The Morgan fingerprint density at radius 3 is 2.64 bits per heavy atom. The lowest BCUT2D eigenvalue weighted by atomic mass is 10.1. The van der Waals surface area contributed by atoms with E-state index in [0.29, 0.717) is 10.6 Å². The lowest BCUT2D eigenvalue weighted by molar-refractivity contribution is 0.332. The molecule has 0 heterocycles. The number of hydrogen-bond donors (Lipinski definition) is 2. The normalized spacial score (nSPS) is 11.9. The van der Waals surface area contributed by atoms with Crippen LogP contribution < -0.4 is 0 Å². The smallest absolute Gasteiger partial charge is 0.141 e. The van der Waals surface area contributed by atoms with E-state index in [2.05, 4.69) is 0 Å². The summed E-state index contributed by atoms with van der Waals surface area (Å²) in [5.74, 6) is -0.0242. The molecular weight excluding hydrogens is 223 g/mol. The summed E-state index contributed by atoms with van der Waals surface area (Å²) in [4.78, 5) is 0. The molecule has 4 heteroatoms. The lowest BCUT2D eigenvalue weighted by Gasteiger charge is -2.03. The molecule has 0 aliphatic heterocycles.